The fourth-order valence-electron chi connectivity index (χ4n) is 2.10. The standard InChI is InChI=1S/C17H22FNO6/c1-16(2,3)25-15(22)19-12(11-9-7-6-8-10-11)17(18,13(20)23-4)14(21)24-5/h6-10,12H,1-5H3,(H,19,22)/t12-/m0/s1. The highest BCUT2D eigenvalue weighted by Crippen LogP contribution is 2.33. The summed E-state index contributed by atoms with van der Waals surface area (Å²) >= 11 is 0. The van der Waals surface area contributed by atoms with Crippen molar-refractivity contribution < 1.29 is 33.0 Å². The minimum absolute atomic E-state index is 0.159. The molecule has 0 saturated carbocycles. The van der Waals surface area contributed by atoms with Crippen LogP contribution in [0.15, 0.2) is 30.3 Å². The van der Waals surface area contributed by atoms with Gasteiger partial charge < -0.3 is 19.5 Å². The van der Waals surface area contributed by atoms with Crippen molar-refractivity contribution in [2.24, 2.45) is 0 Å². The maximum absolute atomic E-state index is 15.5. The highest BCUT2D eigenvalue weighted by molar-refractivity contribution is 6.05. The number of hydrogen-bond acceptors (Lipinski definition) is 6. The minimum atomic E-state index is -3.29. The minimum Gasteiger partial charge on any atom is -0.466 e. The summed E-state index contributed by atoms with van der Waals surface area (Å²) in [5, 5.41) is 2.22. The summed E-state index contributed by atoms with van der Waals surface area (Å²) in [6, 6.07) is 5.97. The normalized spacial score (nSPS) is 12.7. The number of esters is 2. The molecule has 0 aliphatic carbocycles. The number of hydrogen-bond donors (Lipinski definition) is 1. The quantitative estimate of drug-likeness (QED) is 0.495. The number of benzene rings is 1. The molecular weight excluding hydrogens is 333 g/mol. The van der Waals surface area contributed by atoms with Crippen LogP contribution in [0.25, 0.3) is 0 Å². The van der Waals surface area contributed by atoms with Crippen LogP contribution in [0, 0.1) is 0 Å². The third-order valence-electron chi connectivity index (χ3n) is 3.16. The van der Waals surface area contributed by atoms with Gasteiger partial charge in [0, 0.05) is 0 Å². The van der Waals surface area contributed by atoms with Crippen LogP contribution in [0.3, 0.4) is 0 Å². The molecule has 0 radical (unpaired) electrons. The van der Waals surface area contributed by atoms with E-state index in [1.54, 1.807) is 39.0 Å². The van der Waals surface area contributed by atoms with Crippen LogP contribution < -0.4 is 5.32 Å². The third kappa shape index (κ3) is 4.91. The number of alkyl halides is 1. The number of alkyl carbamates (subject to hydrolysis) is 1. The first-order valence-corrected chi connectivity index (χ1v) is 7.46. The second-order valence-electron chi connectivity index (χ2n) is 6.18. The molecule has 0 saturated heterocycles. The maximum Gasteiger partial charge on any atom is 0.408 e. The van der Waals surface area contributed by atoms with Gasteiger partial charge in [-0.15, -0.1) is 0 Å². The summed E-state index contributed by atoms with van der Waals surface area (Å²) in [7, 11) is 1.85. The van der Waals surface area contributed by atoms with E-state index < -0.39 is 35.3 Å². The van der Waals surface area contributed by atoms with Gasteiger partial charge in [-0.2, -0.15) is 0 Å². The molecule has 8 heteroatoms. The molecule has 7 nitrogen and oxygen atoms in total. The van der Waals surface area contributed by atoms with Crippen LogP contribution in [-0.2, 0) is 23.8 Å². The van der Waals surface area contributed by atoms with Crippen molar-refractivity contribution in [2.75, 3.05) is 14.2 Å². The molecule has 0 bridgehead atoms. The van der Waals surface area contributed by atoms with E-state index in [1.165, 1.54) is 12.1 Å². The first-order chi connectivity index (χ1) is 11.6. The molecule has 0 aliphatic rings. The summed E-state index contributed by atoms with van der Waals surface area (Å²) in [6.45, 7) is 4.86. The second kappa shape index (κ2) is 7.96. The number of nitrogens with one attached hydrogen (secondary N) is 1. The molecule has 1 rings (SSSR count). The highest BCUT2D eigenvalue weighted by atomic mass is 19.1. The molecular formula is C17H22FNO6. The van der Waals surface area contributed by atoms with Gasteiger partial charge in [0.1, 0.15) is 11.6 Å². The van der Waals surface area contributed by atoms with E-state index in [0.717, 1.165) is 14.2 Å². The monoisotopic (exact) mass is 355 g/mol. The summed E-state index contributed by atoms with van der Waals surface area (Å²) < 4.78 is 29.4. The molecule has 1 aromatic carbocycles. The predicted molar refractivity (Wildman–Crippen MR) is 86.4 cm³/mol. The number of carbonyl (C=O) groups is 3. The Balaban J connectivity index is 3.36. The van der Waals surface area contributed by atoms with E-state index in [0.29, 0.717) is 0 Å². The Morgan fingerprint density at radius 3 is 1.88 bits per heavy atom. The zero-order valence-corrected chi connectivity index (χ0v) is 14.8. The average molecular weight is 355 g/mol. The van der Waals surface area contributed by atoms with E-state index in [9.17, 15) is 14.4 Å². The van der Waals surface area contributed by atoms with Crippen molar-refractivity contribution in [3.8, 4) is 0 Å². The van der Waals surface area contributed by atoms with Crippen LogP contribution in [-0.4, -0.2) is 43.5 Å². The zero-order chi connectivity index (χ0) is 19.3. The van der Waals surface area contributed by atoms with E-state index in [-0.39, 0.29) is 5.56 Å². The smallest absolute Gasteiger partial charge is 0.408 e. The molecule has 0 spiro atoms. The van der Waals surface area contributed by atoms with Gasteiger partial charge in [0.15, 0.2) is 0 Å². The fourth-order valence-corrected chi connectivity index (χ4v) is 2.10. The van der Waals surface area contributed by atoms with Crippen molar-refractivity contribution >= 4 is 18.0 Å². The van der Waals surface area contributed by atoms with Gasteiger partial charge in [0.2, 0.25) is 0 Å². The number of carbonyl (C=O) groups excluding carboxylic acids is 3. The highest BCUT2D eigenvalue weighted by Gasteiger charge is 2.57. The zero-order valence-electron chi connectivity index (χ0n) is 14.8. The van der Waals surface area contributed by atoms with Crippen molar-refractivity contribution in [1.29, 1.82) is 0 Å². The number of rotatable bonds is 5. The van der Waals surface area contributed by atoms with Gasteiger partial charge in [-0.1, -0.05) is 30.3 Å². The van der Waals surface area contributed by atoms with E-state index >= 15 is 4.39 Å². The maximum atomic E-state index is 15.5. The van der Waals surface area contributed by atoms with E-state index in [2.05, 4.69) is 14.8 Å². The van der Waals surface area contributed by atoms with E-state index in [1.807, 2.05) is 0 Å². The summed E-state index contributed by atoms with van der Waals surface area (Å²) in [5.41, 5.74) is -3.99. The number of amides is 1. The van der Waals surface area contributed by atoms with Gasteiger partial charge >= 0.3 is 23.7 Å². The molecule has 138 valence electrons. The van der Waals surface area contributed by atoms with Gasteiger partial charge in [0.05, 0.1) is 14.2 Å². The van der Waals surface area contributed by atoms with Crippen LogP contribution in [0.2, 0.25) is 0 Å². The predicted octanol–water partition coefficient (Wildman–Crippen LogP) is 2.31. The lowest BCUT2D eigenvalue weighted by atomic mass is 9.90. The van der Waals surface area contributed by atoms with Gasteiger partial charge in [-0.3, -0.25) is 0 Å². The largest absolute Gasteiger partial charge is 0.466 e. The lowest BCUT2D eigenvalue weighted by Gasteiger charge is -2.31. The fraction of sp³-hybridized carbons (Fsp3) is 0.471. The molecule has 1 N–H and O–H groups in total. The van der Waals surface area contributed by atoms with E-state index in [4.69, 9.17) is 4.74 Å². The van der Waals surface area contributed by atoms with Gasteiger partial charge in [-0.05, 0) is 26.3 Å². The van der Waals surface area contributed by atoms with Crippen LogP contribution in [0.5, 0.6) is 0 Å². The molecule has 1 atom stereocenters. The number of halogens is 1. The summed E-state index contributed by atoms with van der Waals surface area (Å²) in [4.78, 5) is 36.2. The molecule has 1 aromatic rings. The first-order valence-electron chi connectivity index (χ1n) is 7.46. The summed E-state index contributed by atoms with van der Waals surface area (Å²) in [5.74, 6) is -2.99. The third-order valence-corrected chi connectivity index (χ3v) is 3.16. The van der Waals surface area contributed by atoms with Gasteiger partial charge in [0.25, 0.3) is 0 Å². The van der Waals surface area contributed by atoms with Crippen LogP contribution >= 0.6 is 0 Å². The van der Waals surface area contributed by atoms with Crippen LogP contribution in [0.1, 0.15) is 32.4 Å². The molecule has 0 aromatic heterocycles. The molecule has 0 fully saturated rings. The Morgan fingerprint density at radius 1 is 1.00 bits per heavy atom. The average Bonchev–Trinajstić information content (AvgIpc) is 2.56. The second-order valence-corrected chi connectivity index (χ2v) is 6.18. The summed E-state index contributed by atoms with van der Waals surface area (Å²) in [6.07, 6.45) is -1.00. The Kier molecular flexibility index (Phi) is 6.49. The molecule has 0 unspecified atom stereocenters. The van der Waals surface area contributed by atoms with Gasteiger partial charge in [-0.25, -0.2) is 18.8 Å². The topological polar surface area (TPSA) is 90.9 Å². The molecule has 0 heterocycles. The molecule has 25 heavy (non-hydrogen) atoms. The number of methoxy groups -OCH3 is 2. The van der Waals surface area contributed by atoms with Crippen molar-refractivity contribution in [2.45, 2.75) is 38.1 Å². The molecule has 1 amide bonds. The molecule has 0 aliphatic heterocycles. The lowest BCUT2D eigenvalue weighted by molar-refractivity contribution is -0.174. The van der Waals surface area contributed by atoms with Crippen molar-refractivity contribution in [3.05, 3.63) is 35.9 Å². The Labute approximate surface area is 145 Å². The van der Waals surface area contributed by atoms with Crippen molar-refractivity contribution in [1.82, 2.24) is 5.32 Å². The Hall–Kier alpha value is -2.64. The Morgan fingerprint density at radius 2 is 1.48 bits per heavy atom. The number of ether oxygens (including phenoxy) is 3. The Bertz CT molecular complexity index is 610. The SMILES string of the molecule is COC(=O)C(F)(C(=O)OC)[C@@H](NC(=O)OC(C)(C)C)c1ccccc1. The lowest BCUT2D eigenvalue weighted by Crippen LogP contribution is -2.55. The van der Waals surface area contributed by atoms with Crippen LogP contribution in [0.4, 0.5) is 9.18 Å². The van der Waals surface area contributed by atoms with Crippen molar-refractivity contribution in [3.63, 3.8) is 0 Å². The first kappa shape index (κ1) is 20.4.